The van der Waals surface area contributed by atoms with E-state index in [4.69, 9.17) is 4.74 Å². The molecule has 98 valence electrons. The lowest BCUT2D eigenvalue weighted by Gasteiger charge is -2.08. The Morgan fingerprint density at radius 1 is 1.21 bits per heavy atom. The van der Waals surface area contributed by atoms with Gasteiger partial charge >= 0.3 is 0 Å². The van der Waals surface area contributed by atoms with Crippen LogP contribution in [0, 0.1) is 0 Å². The average molecular weight is 257 g/mol. The largest absolute Gasteiger partial charge is 0.507 e. The van der Waals surface area contributed by atoms with Gasteiger partial charge in [0.05, 0.1) is 12.2 Å². The molecule has 2 rings (SSSR count). The van der Waals surface area contributed by atoms with E-state index < -0.39 is 0 Å². The normalized spacial score (nSPS) is 9.95. The van der Waals surface area contributed by atoms with E-state index in [0.717, 1.165) is 0 Å². The number of benzene rings is 2. The monoisotopic (exact) mass is 257 g/mol. The van der Waals surface area contributed by atoms with E-state index >= 15 is 0 Å². The molecule has 0 heterocycles. The maximum Gasteiger partial charge on any atom is 0.259 e. The molecule has 19 heavy (non-hydrogen) atoms. The van der Waals surface area contributed by atoms with Crippen molar-refractivity contribution >= 4 is 11.6 Å². The van der Waals surface area contributed by atoms with Gasteiger partial charge in [0, 0.05) is 11.8 Å². The van der Waals surface area contributed by atoms with Crippen molar-refractivity contribution < 1.29 is 14.6 Å². The first-order chi connectivity index (χ1) is 9.20. The minimum Gasteiger partial charge on any atom is -0.507 e. The Morgan fingerprint density at radius 2 is 2.00 bits per heavy atom. The number of amides is 1. The highest BCUT2D eigenvalue weighted by Crippen LogP contribution is 2.20. The standard InChI is InChI=1S/C15H15NO3/c1-2-19-12-7-5-6-11(10-12)16-15(18)13-8-3-4-9-14(13)17/h3-10,17H,2H2,1H3,(H,16,18). The molecule has 4 heteroatoms. The maximum absolute atomic E-state index is 12.0. The van der Waals surface area contributed by atoms with E-state index in [1.807, 2.05) is 13.0 Å². The fraction of sp³-hybridized carbons (Fsp3) is 0.133. The summed E-state index contributed by atoms with van der Waals surface area (Å²) < 4.78 is 5.36. The highest BCUT2D eigenvalue weighted by atomic mass is 16.5. The van der Waals surface area contributed by atoms with Crippen LogP contribution in [0.2, 0.25) is 0 Å². The van der Waals surface area contributed by atoms with E-state index in [1.54, 1.807) is 36.4 Å². The van der Waals surface area contributed by atoms with Crippen LogP contribution >= 0.6 is 0 Å². The average Bonchev–Trinajstić information content (AvgIpc) is 2.40. The zero-order valence-corrected chi connectivity index (χ0v) is 10.6. The minimum absolute atomic E-state index is 0.0408. The van der Waals surface area contributed by atoms with Gasteiger partial charge in [-0.1, -0.05) is 18.2 Å². The molecule has 0 bridgehead atoms. The van der Waals surface area contributed by atoms with Gasteiger partial charge in [0.1, 0.15) is 11.5 Å². The first-order valence-corrected chi connectivity index (χ1v) is 6.03. The Labute approximate surface area is 111 Å². The molecule has 0 atom stereocenters. The van der Waals surface area contributed by atoms with Gasteiger partial charge in [0.15, 0.2) is 0 Å². The SMILES string of the molecule is CCOc1cccc(NC(=O)c2ccccc2O)c1. The molecular formula is C15H15NO3. The Balaban J connectivity index is 2.15. The Kier molecular flexibility index (Phi) is 4.03. The summed E-state index contributed by atoms with van der Waals surface area (Å²) in [5.74, 6) is 0.297. The van der Waals surface area contributed by atoms with Crippen molar-refractivity contribution in [2.45, 2.75) is 6.92 Å². The molecule has 0 aliphatic heterocycles. The van der Waals surface area contributed by atoms with Crippen LogP contribution in [-0.2, 0) is 0 Å². The second kappa shape index (κ2) is 5.91. The lowest BCUT2D eigenvalue weighted by atomic mass is 10.2. The summed E-state index contributed by atoms with van der Waals surface area (Å²) in [6.07, 6.45) is 0. The lowest BCUT2D eigenvalue weighted by molar-refractivity contribution is 0.102. The molecule has 4 nitrogen and oxygen atoms in total. The smallest absolute Gasteiger partial charge is 0.259 e. The highest BCUT2D eigenvalue weighted by Gasteiger charge is 2.10. The van der Waals surface area contributed by atoms with Crippen LogP contribution in [-0.4, -0.2) is 17.6 Å². The Bertz CT molecular complexity index is 581. The van der Waals surface area contributed by atoms with Gasteiger partial charge in [0.25, 0.3) is 5.91 Å². The number of hydrogen-bond acceptors (Lipinski definition) is 3. The predicted molar refractivity (Wildman–Crippen MR) is 73.7 cm³/mol. The fourth-order valence-electron chi connectivity index (χ4n) is 1.69. The van der Waals surface area contributed by atoms with Gasteiger partial charge in [-0.05, 0) is 31.2 Å². The number of carbonyl (C=O) groups is 1. The summed E-state index contributed by atoms with van der Waals surface area (Å²) in [6, 6.07) is 13.5. The highest BCUT2D eigenvalue weighted by molar-refractivity contribution is 6.06. The molecule has 0 aliphatic carbocycles. The zero-order valence-electron chi connectivity index (χ0n) is 10.6. The number of phenols is 1. The number of nitrogens with one attached hydrogen (secondary N) is 1. The molecule has 2 aromatic carbocycles. The van der Waals surface area contributed by atoms with Crippen LogP contribution in [0.4, 0.5) is 5.69 Å². The van der Waals surface area contributed by atoms with Crippen LogP contribution in [0.5, 0.6) is 11.5 Å². The van der Waals surface area contributed by atoms with Crippen molar-refractivity contribution in [1.29, 1.82) is 0 Å². The summed E-state index contributed by atoms with van der Waals surface area (Å²) >= 11 is 0. The first kappa shape index (κ1) is 13.0. The van der Waals surface area contributed by atoms with E-state index in [9.17, 15) is 9.90 Å². The fourth-order valence-corrected chi connectivity index (χ4v) is 1.69. The number of aromatic hydroxyl groups is 1. The van der Waals surface area contributed by atoms with E-state index in [2.05, 4.69) is 5.32 Å². The lowest BCUT2D eigenvalue weighted by Crippen LogP contribution is -2.12. The van der Waals surface area contributed by atoms with Crippen LogP contribution in [0.25, 0.3) is 0 Å². The number of anilines is 1. The third-order valence-corrected chi connectivity index (χ3v) is 2.55. The van der Waals surface area contributed by atoms with Gasteiger partial charge < -0.3 is 15.2 Å². The van der Waals surface area contributed by atoms with Gasteiger partial charge in [0.2, 0.25) is 0 Å². The quantitative estimate of drug-likeness (QED) is 0.885. The number of ether oxygens (including phenoxy) is 1. The van der Waals surface area contributed by atoms with Crippen molar-refractivity contribution in [3.63, 3.8) is 0 Å². The van der Waals surface area contributed by atoms with Crippen molar-refractivity contribution in [3.8, 4) is 11.5 Å². The Morgan fingerprint density at radius 3 is 2.74 bits per heavy atom. The first-order valence-electron chi connectivity index (χ1n) is 6.03. The number of para-hydroxylation sites is 1. The molecule has 0 aliphatic rings. The molecule has 0 saturated carbocycles. The van der Waals surface area contributed by atoms with Gasteiger partial charge in [-0.15, -0.1) is 0 Å². The maximum atomic E-state index is 12.0. The molecular weight excluding hydrogens is 242 g/mol. The van der Waals surface area contributed by atoms with Crippen molar-refractivity contribution in [2.24, 2.45) is 0 Å². The zero-order chi connectivity index (χ0) is 13.7. The van der Waals surface area contributed by atoms with Crippen LogP contribution < -0.4 is 10.1 Å². The van der Waals surface area contributed by atoms with E-state index in [-0.39, 0.29) is 17.2 Å². The molecule has 0 saturated heterocycles. The second-order valence-corrected chi connectivity index (χ2v) is 3.93. The van der Waals surface area contributed by atoms with Gasteiger partial charge in [-0.3, -0.25) is 4.79 Å². The third kappa shape index (κ3) is 3.25. The molecule has 0 radical (unpaired) electrons. The summed E-state index contributed by atoms with van der Waals surface area (Å²) in [5, 5.41) is 12.3. The van der Waals surface area contributed by atoms with Gasteiger partial charge in [-0.25, -0.2) is 0 Å². The van der Waals surface area contributed by atoms with Crippen LogP contribution in [0.15, 0.2) is 48.5 Å². The van der Waals surface area contributed by atoms with Crippen LogP contribution in [0.1, 0.15) is 17.3 Å². The minimum atomic E-state index is -0.355. The summed E-state index contributed by atoms with van der Waals surface area (Å²) in [4.78, 5) is 12.0. The van der Waals surface area contributed by atoms with Crippen molar-refractivity contribution in [2.75, 3.05) is 11.9 Å². The topological polar surface area (TPSA) is 58.6 Å². The molecule has 0 fully saturated rings. The summed E-state index contributed by atoms with van der Waals surface area (Å²) in [5.41, 5.74) is 0.864. The number of hydrogen-bond donors (Lipinski definition) is 2. The molecule has 2 N–H and O–H groups in total. The van der Waals surface area contributed by atoms with Crippen LogP contribution in [0.3, 0.4) is 0 Å². The molecule has 0 unspecified atom stereocenters. The Hall–Kier alpha value is -2.49. The third-order valence-electron chi connectivity index (χ3n) is 2.55. The van der Waals surface area contributed by atoms with Crippen molar-refractivity contribution in [1.82, 2.24) is 0 Å². The van der Waals surface area contributed by atoms with E-state index in [1.165, 1.54) is 6.07 Å². The van der Waals surface area contributed by atoms with E-state index in [0.29, 0.717) is 18.0 Å². The summed E-state index contributed by atoms with van der Waals surface area (Å²) in [6.45, 7) is 2.46. The summed E-state index contributed by atoms with van der Waals surface area (Å²) in [7, 11) is 0. The molecule has 0 aromatic heterocycles. The molecule has 0 spiro atoms. The predicted octanol–water partition coefficient (Wildman–Crippen LogP) is 3.04. The molecule has 2 aromatic rings. The number of phenolic OH excluding ortho intramolecular Hbond substituents is 1. The van der Waals surface area contributed by atoms with Gasteiger partial charge in [-0.2, -0.15) is 0 Å². The van der Waals surface area contributed by atoms with Crippen molar-refractivity contribution in [3.05, 3.63) is 54.1 Å². The molecule has 1 amide bonds. The second-order valence-electron chi connectivity index (χ2n) is 3.93. The number of carbonyl (C=O) groups excluding carboxylic acids is 1. The number of rotatable bonds is 4.